The Morgan fingerprint density at radius 1 is 1.08 bits per heavy atom. The van der Waals surface area contributed by atoms with Crippen molar-refractivity contribution in [1.29, 1.82) is 0 Å². The summed E-state index contributed by atoms with van der Waals surface area (Å²) in [6, 6.07) is 10.5. The highest BCUT2D eigenvalue weighted by atomic mass is 32.1. The number of nitrogens with zero attached hydrogens (tertiary/aromatic N) is 3. The maximum atomic E-state index is 5.96. The van der Waals surface area contributed by atoms with Crippen LogP contribution in [0.4, 0.5) is 5.13 Å². The van der Waals surface area contributed by atoms with E-state index in [4.69, 9.17) is 9.47 Å². The first-order chi connectivity index (χ1) is 11.9. The number of benzene rings is 1. The van der Waals surface area contributed by atoms with Gasteiger partial charge in [0.25, 0.3) is 0 Å². The van der Waals surface area contributed by atoms with Crippen LogP contribution in [0.3, 0.4) is 0 Å². The fourth-order valence-corrected chi connectivity index (χ4v) is 4.21. The summed E-state index contributed by atoms with van der Waals surface area (Å²) in [4.78, 5) is 10.7. The molecule has 0 aliphatic carbocycles. The van der Waals surface area contributed by atoms with E-state index in [2.05, 4.69) is 45.1 Å². The molecule has 0 saturated carbocycles. The van der Waals surface area contributed by atoms with Crippen LogP contribution in [-0.2, 0) is 16.0 Å². The van der Waals surface area contributed by atoms with Gasteiger partial charge < -0.3 is 14.4 Å². The Hall–Kier alpha value is -1.47. The number of ether oxygens (including phenoxy) is 2. The molecule has 2 aromatic rings. The van der Waals surface area contributed by atoms with E-state index in [9.17, 15) is 0 Å². The average Bonchev–Trinajstić information content (AvgIpc) is 3.12. The lowest BCUT2D eigenvalue weighted by molar-refractivity contribution is -0.0326. The van der Waals surface area contributed by atoms with Crippen molar-refractivity contribution in [2.45, 2.75) is 12.6 Å². The van der Waals surface area contributed by atoms with Crippen LogP contribution in [0.2, 0.25) is 0 Å². The minimum atomic E-state index is 0.173. The zero-order valence-corrected chi connectivity index (χ0v) is 14.6. The molecule has 5 nitrogen and oxygen atoms in total. The van der Waals surface area contributed by atoms with E-state index in [1.165, 1.54) is 10.4 Å². The fraction of sp³-hybridized carbons (Fsp3) is 0.500. The van der Waals surface area contributed by atoms with Crippen LogP contribution in [-0.4, -0.2) is 55.9 Å². The van der Waals surface area contributed by atoms with Crippen molar-refractivity contribution in [1.82, 2.24) is 9.88 Å². The topological polar surface area (TPSA) is 37.8 Å². The number of morpholine rings is 2. The molecule has 0 unspecified atom stereocenters. The second-order valence-corrected chi connectivity index (χ2v) is 7.31. The summed E-state index contributed by atoms with van der Waals surface area (Å²) in [5, 5.41) is 1.13. The lowest BCUT2D eigenvalue weighted by Gasteiger charge is -2.32. The molecule has 3 heterocycles. The number of rotatable bonds is 4. The maximum absolute atomic E-state index is 5.96. The zero-order valence-electron chi connectivity index (χ0n) is 13.8. The Labute approximate surface area is 146 Å². The van der Waals surface area contributed by atoms with Crippen molar-refractivity contribution in [2.24, 2.45) is 0 Å². The van der Waals surface area contributed by atoms with Gasteiger partial charge in [-0.05, 0) is 5.56 Å². The molecule has 1 aromatic carbocycles. The molecule has 2 aliphatic rings. The lowest BCUT2D eigenvalue weighted by atomic mass is 10.1. The first kappa shape index (κ1) is 16.0. The molecule has 2 saturated heterocycles. The Morgan fingerprint density at radius 3 is 2.75 bits per heavy atom. The van der Waals surface area contributed by atoms with Crippen LogP contribution in [0.5, 0.6) is 0 Å². The molecule has 0 bridgehead atoms. The maximum Gasteiger partial charge on any atom is 0.185 e. The first-order valence-corrected chi connectivity index (χ1v) is 9.36. The highest BCUT2D eigenvalue weighted by Crippen LogP contribution is 2.27. The highest BCUT2D eigenvalue weighted by Gasteiger charge is 2.23. The molecule has 1 atom stereocenters. The van der Waals surface area contributed by atoms with Crippen LogP contribution in [0.15, 0.2) is 36.5 Å². The van der Waals surface area contributed by atoms with Crippen LogP contribution >= 0.6 is 11.3 Å². The van der Waals surface area contributed by atoms with Gasteiger partial charge in [0.1, 0.15) is 0 Å². The van der Waals surface area contributed by atoms with Gasteiger partial charge in [-0.15, -0.1) is 11.3 Å². The number of anilines is 1. The fourth-order valence-electron chi connectivity index (χ4n) is 3.21. The van der Waals surface area contributed by atoms with Crippen LogP contribution < -0.4 is 4.90 Å². The molecular formula is C18H23N3O2S. The highest BCUT2D eigenvalue weighted by molar-refractivity contribution is 7.15. The van der Waals surface area contributed by atoms with Crippen molar-refractivity contribution < 1.29 is 9.47 Å². The van der Waals surface area contributed by atoms with Crippen LogP contribution in [0.25, 0.3) is 0 Å². The summed E-state index contributed by atoms with van der Waals surface area (Å²) < 4.78 is 11.4. The number of hydrogen-bond acceptors (Lipinski definition) is 6. The molecule has 2 fully saturated rings. The van der Waals surface area contributed by atoms with Gasteiger partial charge in [-0.1, -0.05) is 30.3 Å². The van der Waals surface area contributed by atoms with Gasteiger partial charge in [-0.2, -0.15) is 0 Å². The third-order valence-corrected chi connectivity index (χ3v) is 5.57. The van der Waals surface area contributed by atoms with E-state index in [-0.39, 0.29) is 6.10 Å². The van der Waals surface area contributed by atoms with E-state index in [0.717, 1.165) is 57.7 Å². The molecule has 24 heavy (non-hydrogen) atoms. The normalized spacial score (nSPS) is 22.7. The largest absolute Gasteiger partial charge is 0.378 e. The average molecular weight is 345 g/mol. The minimum absolute atomic E-state index is 0.173. The van der Waals surface area contributed by atoms with Crippen LogP contribution in [0.1, 0.15) is 16.5 Å². The second-order valence-electron chi connectivity index (χ2n) is 6.21. The van der Waals surface area contributed by atoms with Crippen molar-refractivity contribution in [3.63, 3.8) is 0 Å². The molecule has 1 aromatic heterocycles. The summed E-state index contributed by atoms with van der Waals surface area (Å²) in [5.41, 5.74) is 1.26. The summed E-state index contributed by atoms with van der Waals surface area (Å²) in [6.07, 6.45) is 2.20. The van der Waals surface area contributed by atoms with E-state index in [1.54, 1.807) is 11.3 Å². The number of aromatic nitrogens is 1. The first-order valence-electron chi connectivity index (χ1n) is 8.55. The van der Waals surface area contributed by atoms with E-state index < -0.39 is 0 Å². The smallest absolute Gasteiger partial charge is 0.185 e. The summed E-state index contributed by atoms with van der Waals surface area (Å²) in [7, 11) is 0. The molecule has 0 spiro atoms. The van der Waals surface area contributed by atoms with Gasteiger partial charge in [0.15, 0.2) is 5.13 Å². The molecule has 4 rings (SSSR count). The third kappa shape index (κ3) is 3.78. The summed E-state index contributed by atoms with van der Waals surface area (Å²) in [5.74, 6) is 0. The van der Waals surface area contributed by atoms with E-state index in [1.807, 2.05) is 6.20 Å². The van der Waals surface area contributed by atoms with Gasteiger partial charge in [0, 0.05) is 43.8 Å². The molecule has 0 N–H and O–H groups in total. The zero-order chi connectivity index (χ0) is 16.2. The molecule has 0 radical (unpaired) electrons. The van der Waals surface area contributed by atoms with Crippen molar-refractivity contribution in [3.05, 3.63) is 47.0 Å². The lowest BCUT2D eigenvalue weighted by Crippen LogP contribution is -2.37. The number of thiazole rings is 1. The predicted octanol–water partition coefficient (Wildman–Crippen LogP) is 2.55. The monoisotopic (exact) mass is 345 g/mol. The number of hydrogen-bond donors (Lipinski definition) is 0. The Kier molecular flexibility index (Phi) is 5.08. The van der Waals surface area contributed by atoms with E-state index in [0.29, 0.717) is 0 Å². The van der Waals surface area contributed by atoms with E-state index >= 15 is 0 Å². The SMILES string of the molecule is c1ccc([C@H]2CN(Cc3cnc(N4CCOCC4)s3)CCO2)cc1. The van der Waals surface area contributed by atoms with Crippen molar-refractivity contribution in [2.75, 3.05) is 50.9 Å². The Bertz CT molecular complexity index is 643. The summed E-state index contributed by atoms with van der Waals surface area (Å²) >= 11 is 1.81. The minimum Gasteiger partial charge on any atom is -0.378 e. The molecule has 128 valence electrons. The van der Waals surface area contributed by atoms with Gasteiger partial charge >= 0.3 is 0 Å². The van der Waals surface area contributed by atoms with Crippen molar-refractivity contribution in [3.8, 4) is 0 Å². The van der Waals surface area contributed by atoms with Gasteiger partial charge in [-0.25, -0.2) is 4.98 Å². The third-order valence-electron chi connectivity index (χ3n) is 4.52. The summed E-state index contributed by atoms with van der Waals surface area (Å²) in [6.45, 7) is 7.15. The van der Waals surface area contributed by atoms with Gasteiger partial charge in [0.05, 0.1) is 25.9 Å². The van der Waals surface area contributed by atoms with Gasteiger partial charge in [0.2, 0.25) is 0 Å². The molecule has 0 amide bonds. The second kappa shape index (κ2) is 7.61. The Morgan fingerprint density at radius 2 is 1.92 bits per heavy atom. The molecular weight excluding hydrogens is 322 g/mol. The van der Waals surface area contributed by atoms with Crippen molar-refractivity contribution >= 4 is 16.5 Å². The predicted molar refractivity (Wildman–Crippen MR) is 95.6 cm³/mol. The van der Waals surface area contributed by atoms with Crippen LogP contribution in [0, 0.1) is 0 Å². The quantitative estimate of drug-likeness (QED) is 0.851. The Balaban J connectivity index is 1.37. The molecule has 2 aliphatic heterocycles. The standard InChI is InChI=1S/C18H23N3O2S/c1-2-4-15(5-3-1)17-14-20(6-11-23-17)13-16-12-19-18(24-16)21-7-9-22-10-8-21/h1-5,12,17H,6-11,13-14H2/t17-/m1/s1. The van der Waals surface area contributed by atoms with Gasteiger partial charge in [-0.3, -0.25) is 4.90 Å². The molecule has 6 heteroatoms.